The maximum Gasteiger partial charge on any atom is 0.352 e. The first-order chi connectivity index (χ1) is 8.40. The number of hydrogen-bond donors (Lipinski definition) is 0. The van der Waals surface area contributed by atoms with Crippen LogP contribution in [0.4, 0.5) is 5.69 Å². The van der Waals surface area contributed by atoms with Crippen LogP contribution in [-0.2, 0) is 4.79 Å². The van der Waals surface area contributed by atoms with Crippen LogP contribution in [-0.4, -0.2) is 27.8 Å². The maximum absolute atomic E-state index is 11.6. The molecular formula is C11H15N3O4. The van der Waals surface area contributed by atoms with Crippen LogP contribution in [0, 0.1) is 16.0 Å². The number of carbonyl (C=O) groups excluding carboxylic acids is 1. The summed E-state index contributed by atoms with van der Waals surface area (Å²) in [7, 11) is 1.29. The Morgan fingerprint density at radius 1 is 1.44 bits per heavy atom. The molecule has 0 aromatic carbocycles. The first kappa shape index (κ1) is 14.0. The van der Waals surface area contributed by atoms with Gasteiger partial charge in [0.05, 0.1) is 18.0 Å². The first-order valence-electron chi connectivity index (χ1n) is 5.43. The van der Waals surface area contributed by atoms with Gasteiger partial charge in [-0.2, -0.15) is 4.98 Å². The topological polar surface area (TPSA) is 95.2 Å². The molecule has 1 rings (SSSR count). The van der Waals surface area contributed by atoms with Crippen molar-refractivity contribution < 1.29 is 14.5 Å². The fourth-order valence-electron chi connectivity index (χ4n) is 1.90. The van der Waals surface area contributed by atoms with Crippen LogP contribution >= 0.6 is 0 Å². The van der Waals surface area contributed by atoms with E-state index in [1.807, 2.05) is 13.8 Å². The summed E-state index contributed by atoms with van der Waals surface area (Å²) in [4.78, 5) is 29.7. The number of nitro groups is 1. The van der Waals surface area contributed by atoms with E-state index in [2.05, 4.69) is 9.97 Å². The van der Waals surface area contributed by atoms with Gasteiger partial charge in [0.2, 0.25) is 0 Å². The second kappa shape index (κ2) is 5.52. The van der Waals surface area contributed by atoms with Crippen molar-refractivity contribution in [2.75, 3.05) is 7.11 Å². The van der Waals surface area contributed by atoms with E-state index in [1.165, 1.54) is 20.4 Å². The summed E-state index contributed by atoms with van der Waals surface area (Å²) in [6.07, 6.45) is 1.17. The molecule has 0 amide bonds. The highest BCUT2D eigenvalue weighted by Gasteiger charge is 2.33. The summed E-state index contributed by atoms with van der Waals surface area (Å²) in [5.74, 6) is -1.03. The number of methoxy groups -OCH3 is 1. The number of carbonyl (C=O) groups is 1. The molecule has 1 aromatic rings. The molecule has 18 heavy (non-hydrogen) atoms. The van der Waals surface area contributed by atoms with Crippen LogP contribution in [0.15, 0.2) is 6.33 Å². The third-order valence-electron chi connectivity index (χ3n) is 2.59. The van der Waals surface area contributed by atoms with Gasteiger partial charge in [-0.3, -0.25) is 14.9 Å². The van der Waals surface area contributed by atoms with Crippen molar-refractivity contribution in [1.82, 2.24) is 9.97 Å². The summed E-state index contributed by atoms with van der Waals surface area (Å²) in [5.41, 5.74) is -0.233. The molecule has 0 saturated heterocycles. The molecule has 0 spiro atoms. The van der Waals surface area contributed by atoms with Gasteiger partial charge in [0.1, 0.15) is 17.8 Å². The number of rotatable bonds is 5. The Labute approximate surface area is 104 Å². The van der Waals surface area contributed by atoms with Gasteiger partial charge in [-0.1, -0.05) is 13.8 Å². The lowest BCUT2D eigenvalue weighted by molar-refractivity contribution is -0.387. The zero-order chi connectivity index (χ0) is 13.9. The lowest BCUT2D eigenvalue weighted by Crippen LogP contribution is -2.19. The number of Topliss-reactive ketones (excluding diaryl/α,β-unsaturated/α-hetero) is 1. The van der Waals surface area contributed by atoms with E-state index in [0.717, 1.165) is 0 Å². The molecule has 7 nitrogen and oxygen atoms in total. The van der Waals surface area contributed by atoms with Crippen molar-refractivity contribution in [3.05, 3.63) is 22.1 Å². The molecule has 1 atom stereocenters. The second-order valence-corrected chi connectivity index (χ2v) is 4.21. The zero-order valence-corrected chi connectivity index (χ0v) is 10.7. The van der Waals surface area contributed by atoms with Crippen LogP contribution in [0.2, 0.25) is 0 Å². The van der Waals surface area contributed by atoms with Gasteiger partial charge >= 0.3 is 5.69 Å². The van der Waals surface area contributed by atoms with Gasteiger partial charge in [0.15, 0.2) is 0 Å². The predicted octanol–water partition coefficient (Wildman–Crippen LogP) is 1.72. The van der Waals surface area contributed by atoms with E-state index in [1.54, 1.807) is 0 Å². The lowest BCUT2D eigenvalue weighted by atomic mass is 9.88. The van der Waals surface area contributed by atoms with Gasteiger partial charge in [-0.05, 0) is 12.8 Å². The average molecular weight is 253 g/mol. The highest BCUT2D eigenvalue weighted by atomic mass is 16.6. The minimum absolute atomic E-state index is 0.0965. The van der Waals surface area contributed by atoms with E-state index < -0.39 is 10.8 Å². The van der Waals surface area contributed by atoms with Crippen molar-refractivity contribution in [2.24, 2.45) is 5.92 Å². The molecule has 0 fully saturated rings. The SMILES string of the molecule is COc1ncnc(C(C(C)=O)C(C)C)c1[N+](=O)[O-]. The number of nitrogens with zero attached hydrogens (tertiary/aromatic N) is 3. The molecule has 0 aliphatic carbocycles. The smallest absolute Gasteiger partial charge is 0.352 e. The minimum Gasteiger partial charge on any atom is -0.476 e. The second-order valence-electron chi connectivity index (χ2n) is 4.21. The molecule has 98 valence electrons. The molecule has 0 bridgehead atoms. The summed E-state index contributed by atoms with van der Waals surface area (Å²) < 4.78 is 4.85. The van der Waals surface area contributed by atoms with E-state index in [4.69, 9.17) is 4.74 Å². The molecule has 0 aliphatic rings. The Bertz CT molecular complexity index is 473. The van der Waals surface area contributed by atoms with E-state index in [0.29, 0.717) is 0 Å². The van der Waals surface area contributed by atoms with Gasteiger partial charge < -0.3 is 4.74 Å². The van der Waals surface area contributed by atoms with Gasteiger partial charge in [-0.15, -0.1) is 0 Å². The van der Waals surface area contributed by atoms with Gasteiger partial charge in [0.25, 0.3) is 5.88 Å². The van der Waals surface area contributed by atoms with Crippen LogP contribution in [0.1, 0.15) is 32.4 Å². The van der Waals surface area contributed by atoms with Crippen molar-refractivity contribution in [3.63, 3.8) is 0 Å². The van der Waals surface area contributed by atoms with E-state index >= 15 is 0 Å². The molecule has 1 heterocycles. The van der Waals surface area contributed by atoms with Gasteiger partial charge in [0, 0.05) is 0 Å². The van der Waals surface area contributed by atoms with E-state index in [9.17, 15) is 14.9 Å². The Balaban J connectivity index is 3.47. The Morgan fingerprint density at radius 3 is 2.44 bits per heavy atom. The molecule has 0 aliphatic heterocycles. The minimum atomic E-state index is -0.637. The molecule has 1 aromatic heterocycles. The third-order valence-corrected chi connectivity index (χ3v) is 2.59. The summed E-state index contributed by atoms with van der Waals surface area (Å²) >= 11 is 0. The van der Waals surface area contributed by atoms with Gasteiger partial charge in [-0.25, -0.2) is 4.98 Å². The largest absolute Gasteiger partial charge is 0.476 e. The number of hydrogen-bond acceptors (Lipinski definition) is 6. The summed E-state index contributed by atoms with van der Waals surface area (Å²) in [6, 6.07) is 0. The van der Waals surface area contributed by atoms with Crippen LogP contribution in [0.3, 0.4) is 0 Å². The first-order valence-corrected chi connectivity index (χ1v) is 5.43. The standard InChI is InChI=1S/C11H15N3O4/c1-6(2)8(7(3)15)9-10(14(16)17)11(18-4)13-5-12-9/h5-6,8H,1-4H3. The van der Waals surface area contributed by atoms with Crippen LogP contribution in [0.5, 0.6) is 5.88 Å². The zero-order valence-electron chi connectivity index (χ0n) is 10.7. The molecule has 0 N–H and O–H groups in total. The highest BCUT2D eigenvalue weighted by Crippen LogP contribution is 2.35. The summed E-state index contributed by atoms with van der Waals surface area (Å²) in [5, 5.41) is 11.1. The molecule has 0 radical (unpaired) electrons. The highest BCUT2D eigenvalue weighted by molar-refractivity contribution is 5.84. The van der Waals surface area contributed by atoms with Crippen LogP contribution in [0.25, 0.3) is 0 Å². The maximum atomic E-state index is 11.6. The number of ketones is 1. The molecule has 1 unspecified atom stereocenters. The molecular weight excluding hydrogens is 238 g/mol. The normalized spacial score (nSPS) is 12.3. The fourth-order valence-corrected chi connectivity index (χ4v) is 1.90. The molecule has 7 heteroatoms. The molecule has 0 saturated carbocycles. The Kier molecular flexibility index (Phi) is 4.30. The Morgan fingerprint density at radius 2 is 2.06 bits per heavy atom. The van der Waals surface area contributed by atoms with Crippen molar-refractivity contribution in [2.45, 2.75) is 26.7 Å². The van der Waals surface area contributed by atoms with Crippen molar-refractivity contribution >= 4 is 11.5 Å². The van der Waals surface area contributed by atoms with Crippen LogP contribution < -0.4 is 4.74 Å². The lowest BCUT2D eigenvalue weighted by Gasteiger charge is -2.17. The average Bonchev–Trinajstić information content (AvgIpc) is 2.27. The van der Waals surface area contributed by atoms with Crippen molar-refractivity contribution in [3.8, 4) is 5.88 Å². The predicted molar refractivity (Wildman–Crippen MR) is 63.5 cm³/mol. The number of ether oxygens (including phenoxy) is 1. The van der Waals surface area contributed by atoms with Crippen molar-refractivity contribution in [1.29, 1.82) is 0 Å². The summed E-state index contributed by atoms with van der Waals surface area (Å²) in [6.45, 7) is 5.01. The Hall–Kier alpha value is -2.05. The third kappa shape index (κ3) is 2.61. The fraction of sp³-hybridized carbons (Fsp3) is 0.545. The number of aromatic nitrogens is 2. The monoisotopic (exact) mass is 253 g/mol. The van der Waals surface area contributed by atoms with E-state index in [-0.39, 0.29) is 29.0 Å². The quantitative estimate of drug-likeness (QED) is 0.585.